The molecule has 1 amide bonds. The Balaban J connectivity index is 1.35. The predicted octanol–water partition coefficient (Wildman–Crippen LogP) is 2.61. The van der Waals surface area contributed by atoms with Crippen molar-refractivity contribution in [1.29, 1.82) is 0 Å². The van der Waals surface area contributed by atoms with Gasteiger partial charge in [-0.3, -0.25) is 9.69 Å². The Morgan fingerprint density at radius 1 is 1.31 bits per heavy atom. The average molecular weight is 427 g/mol. The second-order valence-electron chi connectivity index (χ2n) is 7.91. The molecule has 5 rings (SSSR count). The van der Waals surface area contributed by atoms with Gasteiger partial charge >= 0.3 is 0 Å². The van der Waals surface area contributed by atoms with Crippen LogP contribution in [-0.4, -0.2) is 51.0 Å². The first-order valence-corrected chi connectivity index (χ1v) is 11.5. The maximum atomic E-state index is 12.4. The van der Waals surface area contributed by atoms with Gasteiger partial charge in [0.1, 0.15) is 5.69 Å². The summed E-state index contributed by atoms with van der Waals surface area (Å²) in [6, 6.07) is 10.4. The van der Waals surface area contributed by atoms with Crippen molar-refractivity contribution in [1.82, 2.24) is 19.6 Å². The molecule has 0 bridgehead atoms. The molecule has 1 aliphatic carbocycles. The highest BCUT2D eigenvalue weighted by Gasteiger charge is 2.70. The maximum absolute atomic E-state index is 12.4. The third-order valence-corrected chi connectivity index (χ3v) is 7.53. The van der Waals surface area contributed by atoms with Crippen LogP contribution in [0.2, 0.25) is 0 Å². The smallest absolute Gasteiger partial charge is 0.270 e. The van der Waals surface area contributed by atoms with Crippen molar-refractivity contribution in [3.05, 3.63) is 69.6 Å². The minimum atomic E-state index is -0.416. The third-order valence-electron chi connectivity index (χ3n) is 6.31. The number of benzene rings is 1. The summed E-state index contributed by atoms with van der Waals surface area (Å²) >= 11 is 2.87. The molecule has 0 unspecified atom stereocenters. The summed E-state index contributed by atoms with van der Waals surface area (Å²) in [4.78, 5) is 18.8. The molecule has 2 fully saturated rings. The van der Waals surface area contributed by atoms with Crippen molar-refractivity contribution in [3.63, 3.8) is 0 Å². The van der Waals surface area contributed by atoms with Gasteiger partial charge in [-0.15, -0.1) is 11.3 Å². The highest BCUT2D eigenvalue weighted by molar-refractivity contribution is 7.07. The van der Waals surface area contributed by atoms with Crippen molar-refractivity contribution in [2.45, 2.75) is 18.6 Å². The normalized spacial score (nSPS) is 28.7. The molecular weight excluding hydrogens is 404 g/mol. The first-order valence-electron chi connectivity index (χ1n) is 9.68. The lowest BCUT2D eigenvalue weighted by Gasteiger charge is -2.16. The zero-order valence-electron chi connectivity index (χ0n) is 15.8. The number of aromatic nitrogens is 2. The van der Waals surface area contributed by atoms with Gasteiger partial charge in [-0.25, -0.2) is 9.36 Å². The van der Waals surface area contributed by atoms with E-state index in [1.54, 1.807) is 10.9 Å². The van der Waals surface area contributed by atoms with Crippen molar-refractivity contribution in [3.8, 4) is 0 Å². The fourth-order valence-corrected chi connectivity index (χ4v) is 6.05. The van der Waals surface area contributed by atoms with E-state index in [9.17, 15) is 9.90 Å². The van der Waals surface area contributed by atoms with Gasteiger partial charge in [0.2, 0.25) is 0 Å². The van der Waals surface area contributed by atoms with E-state index in [-0.39, 0.29) is 23.2 Å². The molecule has 1 saturated carbocycles. The molecule has 29 heavy (non-hydrogen) atoms. The van der Waals surface area contributed by atoms with Crippen LogP contribution in [0, 0.1) is 11.3 Å². The van der Waals surface area contributed by atoms with Gasteiger partial charge in [-0.2, -0.15) is 0 Å². The minimum absolute atomic E-state index is 0.145. The van der Waals surface area contributed by atoms with Crippen LogP contribution in [0.5, 0.6) is 0 Å². The summed E-state index contributed by atoms with van der Waals surface area (Å²) in [7, 11) is 0. The number of nitrogens with one attached hydrogen (secondary N) is 1. The Morgan fingerprint density at radius 2 is 2.17 bits per heavy atom. The lowest BCUT2D eigenvalue weighted by molar-refractivity contribution is 0.0935. The lowest BCUT2D eigenvalue weighted by Crippen LogP contribution is -2.30. The fourth-order valence-electron chi connectivity index (χ4n) is 4.99. The standard InChI is InChI=1S/C21H22N4O2S2/c26-18-9-25(8-14-6-24-29-10-14)12-21(18)16(19(21)15-4-2-1-3-5-15)7-22-20(27)17-11-28-13-23-17/h1-6,10-11,13,16,18-19,26H,7-9,12H2,(H,22,27)/t16-,18+,19-,21-/m1/s1. The third kappa shape index (κ3) is 3.40. The van der Waals surface area contributed by atoms with Gasteiger partial charge in [0.15, 0.2) is 0 Å². The van der Waals surface area contributed by atoms with Crippen LogP contribution < -0.4 is 5.32 Å². The Morgan fingerprint density at radius 3 is 2.90 bits per heavy atom. The number of thiazole rings is 1. The number of aliphatic hydroxyl groups excluding tert-OH is 1. The molecule has 8 heteroatoms. The zero-order valence-corrected chi connectivity index (χ0v) is 17.4. The number of hydrogen-bond acceptors (Lipinski definition) is 7. The molecule has 4 atom stereocenters. The summed E-state index contributed by atoms with van der Waals surface area (Å²) in [5, 5.41) is 18.0. The molecule has 3 heterocycles. The van der Waals surface area contributed by atoms with Crippen LogP contribution in [-0.2, 0) is 6.54 Å². The van der Waals surface area contributed by atoms with Crippen LogP contribution in [0.15, 0.2) is 52.8 Å². The molecule has 1 aromatic carbocycles. The van der Waals surface area contributed by atoms with Crippen LogP contribution in [0.3, 0.4) is 0 Å². The minimum Gasteiger partial charge on any atom is -0.391 e. The summed E-state index contributed by atoms with van der Waals surface area (Å²) in [5.74, 6) is 0.293. The second-order valence-corrected chi connectivity index (χ2v) is 9.29. The first-order chi connectivity index (χ1) is 14.2. The molecule has 2 aliphatic rings. The number of hydrogen-bond donors (Lipinski definition) is 2. The average Bonchev–Trinajstić information content (AvgIpc) is 3.24. The summed E-state index contributed by atoms with van der Waals surface area (Å²) in [6.07, 6.45) is 1.48. The molecule has 1 spiro atoms. The number of β-amino-alcohol motifs (C(OH)–C–C–N with tert-alkyl or cyclic N) is 1. The van der Waals surface area contributed by atoms with Crippen molar-refractivity contribution < 1.29 is 9.90 Å². The van der Waals surface area contributed by atoms with E-state index in [1.807, 2.05) is 24.4 Å². The summed E-state index contributed by atoms with van der Waals surface area (Å²) in [6.45, 7) is 2.81. The maximum Gasteiger partial charge on any atom is 0.270 e. The molecule has 3 aromatic rings. The Hall–Kier alpha value is -2.13. The van der Waals surface area contributed by atoms with E-state index in [4.69, 9.17) is 0 Å². The van der Waals surface area contributed by atoms with E-state index >= 15 is 0 Å². The summed E-state index contributed by atoms with van der Waals surface area (Å²) < 4.78 is 4.19. The van der Waals surface area contributed by atoms with Crippen LogP contribution >= 0.6 is 22.9 Å². The van der Waals surface area contributed by atoms with Crippen molar-refractivity contribution >= 4 is 28.8 Å². The molecule has 2 N–H and O–H groups in total. The molecule has 2 aromatic heterocycles. The monoisotopic (exact) mass is 426 g/mol. The van der Waals surface area contributed by atoms with Gasteiger partial charge < -0.3 is 10.4 Å². The van der Waals surface area contributed by atoms with Crippen LogP contribution in [0.4, 0.5) is 0 Å². The van der Waals surface area contributed by atoms with Gasteiger partial charge in [-0.1, -0.05) is 30.3 Å². The second kappa shape index (κ2) is 7.60. The number of aliphatic hydroxyl groups is 1. The Bertz CT molecular complexity index is 964. The number of carbonyl (C=O) groups excluding carboxylic acids is 1. The van der Waals surface area contributed by atoms with E-state index in [2.05, 4.69) is 37.1 Å². The highest BCUT2D eigenvalue weighted by atomic mass is 32.1. The molecule has 0 radical (unpaired) electrons. The Kier molecular flexibility index (Phi) is 4.95. The zero-order chi connectivity index (χ0) is 19.8. The quantitative estimate of drug-likeness (QED) is 0.634. The van der Waals surface area contributed by atoms with Crippen LogP contribution in [0.25, 0.3) is 0 Å². The van der Waals surface area contributed by atoms with E-state index in [1.165, 1.54) is 34.0 Å². The first kappa shape index (κ1) is 18.9. The van der Waals surface area contributed by atoms with E-state index in [0.717, 1.165) is 13.1 Å². The number of carbonyl (C=O) groups is 1. The molecule has 1 aliphatic heterocycles. The topological polar surface area (TPSA) is 78.4 Å². The highest BCUT2D eigenvalue weighted by Crippen LogP contribution is 2.68. The number of likely N-dealkylation sites (tertiary alicyclic amines) is 1. The molecule has 1 saturated heterocycles. The number of rotatable bonds is 6. The summed E-state index contributed by atoms with van der Waals surface area (Å²) in [5.41, 5.74) is 4.32. The molecule has 6 nitrogen and oxygen atoms in total. The van der Waals surface area contributed by atoms with Crippen molar-refractivity contribution in [2.24, 2.45) is 11.3 Å². The van der Waals surface area contributed by atoms with Gasteiger partial charge in [0.25, 0.3) is 5.91 Å². The lowest BCUT2D eigenvalue weighted by atomic mass is 9.95. The van der Waals surface area contributed by atoms with E-state index < -0.39 is 6.10 Å². The van der Waals surface area contributed by atoms with E-state index in [0.29, 0.717) is 18.8 Å². The predicted molar refractivity (Wildman–Crippen MR) is 113 cm³/mol. The van der Waals surface area contributed by atoms with Gasteiger partial charge in [0, 0.05) is 48.6 Å². The molecular formula is C21H22N4O2S2. The largest absolute Gasteiger partial charge is 0.391 e. The fraction of sp³-hybridized carbons (Fsp3) is 0.381. The number of amides is 1. The van der Waals surface area contributed by atoms with Gasteiger partial charge in [0.05, 0.1) is 11.6 Å². The number of nitrogens with zero attached hydrogens (tertiary/aromatic N) is 3. The molecule has 150 valence electrons. The Labute approximate surface area is 177 Å². The SMILES string of the molecule is O=C(NC[C@@H]1[C@@H](c2ccccc2)[C@]12CN(Cc1cnsc1)C[C@@H]2O)c1cscn1. The van der Waals surface area contributed by atoms with Gasteiger partial charge in [-0.05, 0) is 34.5 Å². The van der Waals surface area contributed by atoms with Crippen LogP contribution in [0.1, 0.15) is 27.5 Å². The van der Waals surface area contributed by atoms with Crippen molar-refractivity contribution in [2.75, 3.05) is 19.6 Å².